The molecule has 1 aliphatic rings. The lowest BCUT2D eigenvalue weighted by Crippen LogP contribution is -2.48. The van der Waals surface area contributed by atoms with Crippen molar-refractivity contribution in [2.75, 3.05) is 33.7 Å². The second kappa shape index (κ2) is 9.54. The van der Waals surface area contributed by atoms with Crippen molar-refractivity contribution in [1.29, 1.82) is 0 Å². The highest BCUT2D eigenvalue weighted by Gasteiger charge is 2.41. The summed E-state index contributed by atoms with van der Waals surface area (Å²) in [4.78, 5) is 16.0. The van der Waals surface area contributed by atoms with Crippen molar-refractivity contribution >= 4 is 34.1 Å². The van der Waals surface area contributed by atoms with E-state index in [4.69, 9.17) is 23.2 Å². The van der Waals surface area contributed by atoms with Gasteiger partial charge in [0.15, 0.2) is 0 Å². The monoisotopic (exact) mass is 473 g/mol. The van der Waals surface area contributed by atoms with Gasteiger partial charge in [-0.15, -0.1) is 0 Å². The third-order valence-corrected chi connectivity index (χ3v) is 6.86. The second-order valence-electron chi connectivity index (χ2n) is 8.90. The highest BCUT2D eigenvalue weighted by molar-refractivity contribution is 6.31. The Morgan fingerprint density at radius 1 is 1.06 bits per heavy atom. The maximum Gasteiger partial charge on any atom is 0.255 e. The molecule has 0 bridgehead atoms. The lowest BCUT2D eigenvalue weighted by molar-refractivity contribution is -0.00527. The lowest BCUT2D eigenvalue weighted by Gasteiger charge is -2.40. The molecule has 2 N–H and O–H groups in total. The molecule has 5 nitrogen and oxygen atoms in total. The smallest absolute Gasteiger partial charge is 0.255 e. The molecule has 4 rings (SSSR count). The molecule has 0 radical (unpaired) electrons. The first kappa shape index (κ1) is 23.3. The van der Waals surface area contributed by atoms with Crippen LogP contribution in [0.2, 0.25) is 10.0 Å². The van der Waals surface area contributed by atoms with E-state index in [9.17, 15) is 9.90 Å². The molecule has 3 aromatic rings. The van der Waals surface area contributed by atoms with E-state index in [1.54, 1.807) is 0 Å². The van der Waals surface area contributed by atoms with Gasteiger partial charge in [-0.25, -0.2) is 0 Å². The molecule has 0 saturated carbocycles. The number of nitrogens with one attached hydrogen (secondary N) is 1. The van der Waals surface area contributed by atoms with Crippen molar-refractivity contribution in [2.24, 2.45) is 0 Å². The summed E-state index contributed by atoms with van der Waals surface area (Å²) in [5, 5.41) is 17.3. The van der Waals surface area contributed by atoms with E-state index in [-0.39, 0.29) is 5.56 Å². The number of piperidine rings is 1. The Bertz CT molecular complexity index is 1150. The average molecular weight is 474 g/mol. The van der Waals surface area contributed by atoms with E-state index in [0.29, 0.717) is 48.1 Å². The van der Waals surface area contributed by atoms with Crippen LogP contribution >= 0.6 is 23.2 Å². The molecule has 1 unspecified atom stereocenters. The van der Waals surface area contributed by atoms with E-state index in [2.05, 4.69) is 10.2 Å². The molecule has 0 aliphatic carbocycles. The van der Waals surface area contributed by atoms with Crippen LogP contribution in [-0.2, 0) is 6.54 Å². The first-order valence-corrected chi connectivity index (χ1v) is 11.7. The normalized spacial score (nSPS) is 17.1. The third kappa shape index (κ3) is 4.73. The molecule has 170 valence electrons. The molecule has 0 spiro atoms. The second-order valence-corrected chi connectivity index (χ2v) is 9.77. The number of benzene rings is 2. The van der Waals surface area contributed by atoms with E-state index >= 15 is 0 Å². The Hall–Kier alpha value is -1.89. The minimum absolute atomic E-state index is 0.0754. The molecule has 0 amide bonds. The van der Waals surface area contributed by atoms with Gasteiger partial charge in [0.25, 0.3) is 5.56 Å². The number of nitrogens with zero attached hydrogens (tertiary/aromatic N) is 2. The van der Waals surface area contributed by atoms with Gasteiger partial charge in [0.2, 0.25) is 0 Å². The van der Waals surface area contributed by atoms with Gasteiger partial charge in [-0.2, -0.15) is 0 Å². The predicted octanol–water partition coefficient (Wildman–Crippen LogP) is 4.12. The van der Waals surface area contributed by atoms with Gasteiger partial charge in [0, 0.05) is 40.0 Å². The Kier molecular flexibility index (Phi) is 6.94. The van der Waals surface area contributed by atoms with Crippen LogP contribution in [0, 0.1) is 0 Å². The predicted molar refractivity (Wildman–Crippen MR) is 132 cm³/mol. The first-order chi connectivity index (χ1) is 15.3. The van der Waals surface area contributed by atoms with E-state index in [1.807, 2.05) is 67.2 Å². The van der Waals surface area contributed by atoms with Crippen molar-refractivity contribution in [2.45, 2.75) is 30.9 Å². The summed E-state index contributed by atoms with van der Waals surface area (Å²) in [6.45, 7) is 2.68. The summed E-state index contributed by atoms with van der Waals surface area (Å²) < 4.78 is 1.81. The Morgan fingerprint density at radius 3 is 2.38 bits per heavy atom. The number of fused-ring (bicyclic) bond motifs is 1. The molecular formula is C25H29Cl2N3O2. The van der Waals surface area contributed by atoms with Crippen molar-refractivity contribution in [3.8, 4) is 0 Å². The van der Waals surface area contributed by atoms with Crippen LogP contribution < -0.4 is 10.9 Å². The summed E-state index contributed by atoms with van der Waals surface area (Å²) in [5.74, 6) is -0.469. The number of halogens is 2. The Morgan fingerprint density at radius 2 is 1.72 bits per heavy atom. The van der Waals surface area contributed by atoms with Crippen LogP contribution in [0.3, 0.4) is 0 Å². The number of pyridine rings is 1. The Labute approximate surface area is 198 Å². The van der Waals surface area contributed by atoms with Crippen LogP contribution in [-0.4, -0.2) is 53.9 Å². The van der Waals surface area contributed by atoms with Crippen molar-refractivity contribution in [3.63, 3.8) is 0 Å². The van der Waals surface area contributed by atoms with Gasteiger partial charge >= 0.3 is 0 Å². The summed E-state index contributed by atoms with van der Waals surface area (Å²) in [5.41, 5.74) is 1.21. The van der Waals surface area contributed by atoms with E-state index in [0.717, 1.165) is 23.0 Å². The van der Waals surface area contributed by atoms with Crippen LogP contribution in [0.5, 0.6) is 0 Å². The number of aliphatic hydroxyl groups is 1. The molecule has 1 saturated heterocycles. The summed E-state index contributed by atoms with van der Waals surface area (Å²) in [7, 11) is 3.98. The molecule has 1 aliphatic heterocycles. The van der Waals surface area contributed by atoms with Crippen LogP contribution in [0.1, 0.15) is 29.9 Å². The van der Waals surface area contributed by atoms with Crippen LogP contribution in [0.15, 0.2) is 53.3 Å². The number of likely N-dealkylation sites (N-methyl/N-ethyl adjacent to an activating group) is 1. The van der Waals surface area contributed by atoms with Gasteiger partial charge in [0.1, 0.15) is 0 Å². The van der Waals surface area contributed by atoms with Gasteiger partial charge in [-0.1, -0.05) is 35.3 Å². The average Bonchev–Trinajstić information content (AvgIpc) is 2.75. The zero-order valence-electron chi connectivity index (χ0n) is 18.4. The fourth-order valence-electron chi connectivity index (χ4n) is 4.69. The number of rotatable bonds is 6. The zero-order valence-corrected chi connectivity index (χ0v) is 20.0. The standard InChI is InChI=1S/C25H29Cl2N3O2/c1-29(2)13-14-30-22-8-7-20(27)15-18(22)16-21(24(30)31)23(17-3-5-19(26)6-4-17)25(32)9-11-28-12-10-25/h3-8,15-16,23,28,32H,9-14H2,1-2H3. The topological polar surface area (TPSA) is 57.5 Å². The quantitative estimate of drug-likeness (QED) is 0.565. The van der Waals surface area contributed by atoms with Gasteiger partial charge in [0.05, 0.1) is 11.1 Å². The minimum Gasteiger partial charge on any atom is -0.389 e. The zero-order chi connectivity index (χ0) is 22.9. The van der Waals surface area contributed by atoms with Crippen molar-refractivity contribution in [3.05, 3.63) is 80.1 Å². The van der Waals surface area contributed by atoms with Gasteiger partial charge < -0.3 is 19.9 Å². The SMILES string of the molecule is CN(C)CCn1c(=O)c(C(c2ccc(Cl)cc2)C2(O)CCNCC2)cc2cc(Cl)ccc21. The van der Waals surface area contributed by atoms with E-state index < -0.39 is 11.5 Å². The first-order valence-electron chi connectivity index (χ1n) is 10.9. The van der Waals surface area contributed by atoms with Crippen molar-refractivity contribution < 1.29 is 5.11 Å². The largest absolute Gasteiger partial charge is 0.389 e. The van der Waals surface area contributed by atoms with Crippen LogP contribution in [0.25, 0.3) is 10.9 Å². The minimum atomic E-state index is -1.04. The highest BCUT2D eigenvalue weighted by Crippen LogP contribution is 2.40. The Balaban J connectivity index is 1.96. The maximum absolute atomic E-state index is 13.9. The fourth-order valence-corrected chi connectivity index (χ4v) is 5.00. The third-order valence-electron chi connectivity index (χ3n) is 6.38. The summed E-state index contributed by atoms with van der Waals surface area (Å²) in [6.07, 6.45) is 1.12. The molecule has 32 heavy (non-hydrogen) atoms. The molecule has 2 heterocycles. The van der Waals surface area contributed by atoms with Crippen LogP contribution in [0.4, 0.5) is 0 Å². The molecule has 1 atom stereocenters. The van der Waals surface area contributed by atoms with E-state index in [1.165, 1.54) is 0 Å². The molecular weight excluding hydrogens is 445 g/mol. The van der Waals surface area contributed by atoms with Crippen molar-refractivity contribution in [1.82, 2.24) is 14.8 Å². The fraction of sp³-hybridized carbons (Fsp3) is 0.400. The highest BCUT2D eigenvalue weighted by atomic mass is 35.5. The van der Waals surface area contributed by atoms with Gasteiger partial charge in [-0.3, -0.25) is 4.79 Å². The molecule has 2 aromatic carbocycles. The molecule has 1 aromatic heterocycles. The number of hydrogen-bond donors (Lipinski definition) is 2. The van der Waals surface area contributed by atoms with Gasteiger partial charge in [-0.05, 0) is 82.0 Å². The molecule has 7 heteroatoms. The lowest BCUT2D eigenvalue weighted by atomic mass is 9.72. The summed E-state index contributed by atoms with van der Waals surface area (Å²) in [6, 6.07) is 15.0. The number of aromatic nitrogens is 1. The number of hydrogen-bond acceptors (Lipinski definition) is 4. The molecule has 1 fully saturated rings. The maximum atomic E-state index is 13.9. The summed E-state index contributed by atoms with van der Waals surface area (Å²) >= 11 is 12.5.